The number of carbonyl (C=O) groups is 1. The number of rotatable bonds is 2. The third-order valence-electron chi connectivity index (χ3n) is 3.36. The number of nitrogens with one attached hydrogen (secondary N) is 1. The van der Waals surface area contributed by atoms with Crippen LogP contribution in [0.25, 0.3) is 0 Å². The lowest BCUT2D eigenvalue weighted by atomic mass is 9.96. The molecule has 3 heterocycles. The molecule has 1 aliphatic heterocycles. The molecule has 0 aliphatic carbocycles. The van der Waals surface area contributed by atoms with Gasteiger partial charge in [-0.05, 0) is 28.8 Å². The summed E-state index contributed by atoms with van der Waals surface area (Å²) in [5.74, 6) is 0.141. The fraction of sp³-hybridized carbons (Fsp3) is 0.417. The van der Waals surface area contributed by atoms with Crippen LogP contribution in [0.3, 0.4) is 0 Å². The van der Waals surface area contributed by atoms with E-state index in [0.29, 0.717) is 37.6 Å². The number of furan rings is 1. The molecular weight excluding hydrogens is 330 g/mol. The fourth-order valence-electron chi connectivity index (χ4n) is 2.33. The number of halogens is 1. The van der Waals surface area contributed by atoms with Crippen LogP contribution in [0.15, 0.2) is 30.4 Å². The van der Waals surface area contributed by atoms with Gasteiger partial charge in [-0.3, -0.25) is 4.79 Å². The number of hydrogen-bond acceptors (Lipinski definition) is 5. The maximum Gasteiger partial charge on any atom is 0.434 e. The summed E-state index contributed by atoms with van der Waals surface area (Å²) in [4.78, 5) is 24.8. The molecule has 1 amide bonds. The fourth-order valence-corrected chi connectivity index (χ4v) is 2.63. The molecule has 1 N–H and O–H groups in total. The minimum Gasteiger partial charge on any atom is -0.458 e. The second-order valence-corrected chi connectivity index (χ2v) is 5.56. The first-order chi connectivity index (χ1) is 9.63. The monoisotopic (exact) mass is 341 g/mol. The molecular formula is C12H12BrN3O4. The Morgan fingerprint density at radius 1 is 1.45 bits per heavy atom. The van der Waals surface area contributed by atoms with Gasteiger partial charge in [-0.25, -0.2) is 9.89 Å². The zero-order valence-electron chi connectivity index (χ0n) is 10.5. The van der Waals surface area contributed by atoms with E-state index in [4.69, 9.17) is 8.83 Å². The number of amides is 1. The standard InChI is InChI=1S/C12H12BrN3O4/c13-8-5-9(19-6-8)11(17)16-3-1-7(2-4-16)10-14-15-12(18)20-10/h5-7H,1-4H2,(H,15,18). The Bertz CT molecular complexity index is 666. The molecule has 0 atom stereocenters. The molecule has 7 nitrogen and oxygen atoms in total. The van der Waals surface area contributed by atoms with E-state index in [1.165, 1.54) is 6.26 Å². The maximum absolute atomic E-state index is 12.2. The van der Waals surface area contributed by atoms with E-state index >= 15 is 0 Å². The van der Waals surface area contributed by atoms with Crippen molar-refractivity contribution in [1.82, 2.24) is 15.1 Å². The number of H-pyrrole nitrogens is 1. The molecule has 1 aliphatic rings. The lowest BCUT2D eigenvalue weighted by Crippen LogP contribution is -2.37. The van der Waals surface area contributed by atoms with Gasteiger partial charge in [-0.15, -0.1) is 5.10 Å². The van der Waals surface area contributed by atoms with Gasteiger partial charge in [0, 0.05) is 25.1 Å². The number of likely N-dealkylation sites (tertiary alicyclic amines) is 1. The molecule has 3 rings (SSSR count). The van der Waals surface area contributed by atoms with Gasteiger partial charge in [0.05, 0.1) is 4.47 Å². The summed E-state index contributed by atoms with van der Waals surface area (Å²) in [7, 11) is 0. The third-order valence-corrected chi connectivity index (χ3v) is 3.78. The van der Waals surface area contributed by atoms with Crippen LogP contribution in [0.4, 0.5) is 0 Å². The molecule has 0 spiro atoms. The Morgan fingerprint density at radius 3 is 2.75 bits per heavy atom. The molecule has 0 saturated carbocycles. The summed E-state index contributed by atoms with van der Waals surface area (Å²) >= 11 is 3.25. The van der Waals surface area contributed by atoms with Crippen LogP contribution >= 0.6 is 15.9 Å². The third kappa shape index (κ3) is 2.55. The van der Waals surface area contributed by atoms with Gasteiger partial charge in [0.25, 0.3) is 5.91 Å². The molecule has 2 aromatic heterocycles. The minimum absolute atomic E-state index is 0.0707. The number of piperidine rings is 1. The van der Waals surface area contributed by atoms with Crippen molar-refractivity contribution in [2.24, 2.45) is 0 Å². The molecule has 0 radical (unpaired) electrons. The van der Waals surface area contributed by atoms with Crippen LogP contribution < -0.4 is 5.76 Å². The summed E-state index contributed by atoms with van der Waals surface area (Å²) < 4.78 is 10.9. The van der Waals surface area contributed by atoms with Gasteiger partial charge in [0.15, 0.2) is 5.76 Å². The first-order valence-electron chi connectivity index (χ1n) is 6.22. The number of hydrogen-bond donors (Lipinski definition) is 1. The predicted molar refractivity (Wildman–Crippen MR) is 71.4 cm³/mol. The van der Waals surface area contributed by atoms with Gasteiger partial charge in [0.2, 0.25) is 5.89 Å². The first kappa shape index (κ1) is 13.2. The summed E-state index contributed by atoms with van der Waals surface area (Å²) in [6.45, 7) is 1.16. The molecule has 106 valence electrons. The number of nitrogens with zero attached hydrogens (tertiary/aromatic N) is 2. The van der Waals surface area contributed by atoms with E-state index < -0.39 is 5.76 Å². The highest BCUT2D eigenvalue weighted by Crippen LogP contribution is 2.27. The van der Waals surface area contributed by atoms with E-state index in [0.717, 1.165) is 4.47 Å². The number of aromatic amines is 1. The second kappa shape index (κ2) is 5.28. The first-order valence-corrected chi connectivity index (χ1v) is 7.01. The molecule has 8 heteroatoms. The Balaban J connectivity index is 1.64. The Labute approximate surface area is 122 Å². The van der Waals surface area contributed by atoms with Gasteiger partial charge < -0.3 is 13.7 Å². The lowest BCUT2D eigenvalue weighted by Gasteiger charge is -2.29. The van der Waals surface area contributed by atoms with Gasteiger partial charge in [0.1, 0.15) is 6.26 Å². The topological polar surface area (TPSA) is 92.3 Å². The van der Waals surface area contributed by atoms with Crippen molar-refractivity contribution in [1.29, 1.82) is 0 Å². The summed E-state index contributed by atoms with van der Waals surface area (Å²) in [5.41, 5.74) is 0. The second-order valence-electron chi connectivity index (χ2n) is 4.65. The van der Waals surface area contributed by atoms with Crippen molar-refractivity contribution in [2.45, 2.75) is 18.8 Å². The lowest BCUT2D eigenvalue weighted by molar-refractivity contribution is 0.0674. The molecule has 0 unspecified atom stereocenters. The molecule has 1 fully saturated rings. The highest BCUT2D eigenvalue weighted by Gasteiger charge is 2.28. The average Bonchev–Trinajstić information content (AvgIpc) is 3.07. The van der Waals surface area contributed by atoms with Gasteiger partial charge >= 0.3 is 5.76 Å². The largest absolute Gasteiger partial charge is 0.458 e. The van der Waals surface area contributed by atoms with Crippen LogP contribution in [0, 0.1) is 0 Å². The van der Waals surface area contributed by atoms with E-state index in [2.05, 4.69) is 26.1 Å². The molecule has 0 aromatic carbocycles. The summed E-state index contributed by atoms with van der Waals surface area (Å²) in [6.07, 6.45) is 2.90. The molecule has 1 saturated heterocycles. The quantitative estimate of drug-likeness (QED) is 0.897. The summed E-state index contributed by atoms with van der Waals surface area (Å²) in [5, 5.41) is 6.09. The summed E-state index contributed by atoms with van der Waals surface area (Å²) in [6, 6.07) is 1.65. The Morgan fingerprint density at radius 2 is 2.20 bits per heavy atom. The van der Waals surface area contributed by atoms with Crippen molar-refractivity contribution in [2.75, 3.05) is 13.1 Å². The number of aromatic nitrogens is 2. The van der Waals surface area contributed by atoms with Crippen LogP contribution in [0.2, 0.25) is 0 Å². The molecule has 0 bridgehead atoms. The van der Waals surface area contributed by atoms with E-state index in [1.807, 2.05) is 0 Å². The van der Waals surface area contributed by atoms with E-state index in [-0.39, 0.29) is 11.8 Å². The zero-order chi connectivity index (χ0) is 14.1. The van der Waals surface area contributed by atoms with Gasteiger partial charge in [-0.2, -0.15) is 0 Å². The van der Waals surface area contributed by atoms with E-state index in [1.54, 1.807) is 11.0 Å². The highest BCUT2D eigenvalue weighted by molar-refractivity contribution is 9.10. The van der Waals surface area contributed by atoms with E-state index in [9.17, 15) is 9.59 Å². The van der Waals surface area contributed by atoms with Crippen molar-refractivity contribution in [3.63, 3.8) is 0 Å². The predicted octanol–water partition coefficient (Wildman–Crippen LogP) is 1.74. The van der Waals surface area contributed by atoms with Crippen LogP contribution in [0.1, 0.15) is 35.2 Å². The van der Waals surface area contributed by atoms with Crippen molar-refractivity contribution >= 4 is 21.8 Å². The minimum atomic E-state index is -0.543. The van der Waals surface area contributed by atoms with Crippen molar-refractivity contribution < 1.29 is 13.6 Å². The van der Waals surface area contributed by atoms with Crippen LogP contribution in [0.5, 0.6) is 0 Å². The highest BCUT2D eigenvalue weighted by atomic mass is 79.9. The number of carbonyl (C=O) groups excluding carboxylic acids is 1. The van der Waals surface area contributed by atoms with Crippen molar-refractivity contribution in [3.05, 3.63) is 39.0 Å². The van der Waals surface area contributed by atoms with Crippen LogP contribution in [-0.4, -0.2) is 34.1 Å². The SMILES string of the molecule is O=C(c1cc(Br)co1)N1CCC(c2n[nH]c(=O)o2)CC1. The Kier molecular flexibility index (Phi) is 3.47. The maximum atomic E-state index is 12.2. The van der Waals surface area contributed by atoms with Crippen molar-refractivity contribution in [3.8, 4) is 0 Å². The molecule has 2 aromatic rings. The van der Waals surface area contributed by atoms with Crippen LogP contribution in [-0.2, 0) is 0 Å². The van der Waals surface area contributed by atoms with Gasteiger partial charge in [-0.1, -0.05) is 0 Å². The average molecular weight is 342 g/mol. The smallest absolute Gasteiger partial charge is 0.434 e. The Hall–Kier alpha value is -1.83. The normalized spacial score (nSPS) is 16.6. The molecule has 20 heavy (non-hydrogen) atoms. The zero-order valence-corrected chi connectivity index (χ0v) is 12.1.